The van der Waals surface area contributed by atoms with Crippen molar-refractivity contribution >= 4 is 31.8 Å². The lowest BCUT2D eigenvalue weighted by molar-refractivity contribution is 1.06. The van der Waals surface area contributed by atoms with E-state index < -0.39 is 5.69 Å². The van der Waals surface area contributed by atoms with E-state index >= 15 is 0 Å². The SMILES string of the molecule is Cc1nc2c(sc3nc(=O)[nH]c(-c4ccccc4)c32)c(=O)[nH]1. The highest BCUT2D eigenvalue weighted by Crippen LogP contribution is 2.34. The zero-order valence-corrected chi connectivity index (χ0v) is 12.3. The molecule has 4 aromatic rings. The van der Waals surface area contributed by atoms with Gasteiger partial charge in [-0.1, -0.05) is 30.3 Å². The first kappa shape index (κ1) is 12.9. The van der Waals surface area contributed by atoms with Crippen molar-refractivity contribution in [1.82, 2.24) is 19.9 Å². The molecule has 0 aliphatic rings. The zero-order valence-electron chi connectivity index (χ0n) is 11.5. The van der Waals surface area contributed by atoms with Crippen molar-refractivity contribution in [3.8, 4) is 11.3 Å². The van der Waals surface area contributed by atoms with Gasteiger partial charge in [-0.15, -0.1) is 11.3 Å². The van der Waals surface area contributed by atoms with Gasteiger partial charge < -0.3 is 9.97 Å². The number of fused-ring (bicyclic) bond motifs is 3. The molecular formula is C15H10N4O2S. The van der Waals surface area contributed by atoms with Crippen LogP contribution in [0.4, 0.5) is 0 Å². The lowest BCUT2D eigenvalue weighted by Gasteiger charge is -2.03. The molecule has 0 fully saturated rings. The lowest BCUT2D eigenvalue weighted by atomic mass is 10.1. The van der Waals surface area contributed by atoms with E-state index in [4.69, 9.17) is 0 Å². The quantitative estimate of drug-likeness (QED) is 0.564. The minimum absolute atomic E-state index is 0.211. The van der Waals surface area contributed by atoms with Crippen LogP contribution >= 0.6 is 11.3 Å². The Labute approximate surface area is 127 Å². The molecule has 0 unspecified atom stereocenters. The van der Waals surface area contributed by atoms with E-state index in [1.807, 2.05) is 30.3 Å². The number of benzene rings is 1. The first-order valence-corrected chi connectivity index (χ1v) is 7.44. The lowest BCUT2D eigenvalue weighted by Crippen LogP contribution is -2.10. The molecule has 6 nitrogen and oxygen atoms in total. The first-order valence-electron chi connectivity index (χ1n) is 6.62. The number of nitrogens with zero attached hydrogens (tertiary/aromatic N) is 2. The van der Waals surface area contributed by atoms with E-state index in [-0.39, 0.29) is 5.56 Å². The third-order valence-corrected chi connectivity index (χ3v) is 4.46. The fraction of sp³-hybridized carbons (Fsp3) is 0.0667. The molecule has 108 valence electrons. The Morgan fingerprint density at radius 1 is 1.05 bits per heavy atom. The predicted octanol–water partition coefficient (Wildman–Crippen LogP) is 2.20. The zero-order chi connectivity index (χ0) is 15.3. The number of aromatic nitrogens is 4. The number of H-pyrrole nitrogens is 2. The summed E-state index contributed by atoms with van der Waals surface area (Å²) >= 11 is 1.18. The second-order valence-corrected chi connectivity index (χ2v) is 5.89. The van der Waals surface area contributed by atoms with Gasteiger partial charge in [0.1, 0.15) is 20.9 Å². The van der Waals surface area contributed by atoms with Gasteiger partial charge in [-0.05, 0) is 12.5 Å². The highest BCUT2D eigenvalue weighted by molar-refractivity contribution is 7.25. The van der Waals surface area contributed by atoms with Crippen molar-refractivity contribution in [3.63, 3.8) is 0 Å². The molecule has 22 heavy (non-hydrogen) atoms. The summed E-state index contributed by atoms with van der Waals surface area (Å²) < 4.78 is 0.476. The second-order valence-electron chi connectivity index (χ2n) is 4.89. The van der Waals surface area contributed by atoms with E-state index in [2.05, 4.69) is 19.9 Å². The Bertz CT molecular complexity index is 1130. The van der Waals surface area contributed by atoms with E-state index in [0.717, 1.165) is 5.56 Å². The molecule has 4 rings (SSSR count). The van der Waals surface area contributed by atoms with E-state index in [1.165, 1.54) is 11.3 Å². The average molecular weight is 310 g/mol. The Morgan fingerprint density at radius 3 is 2.59 bits per heavy atom. The normalized spacial score (nSPS) is 11.3. The molecular weight excluding hydrogens is 300 g/mol. The number of rotatable bonds is 1. The molecule has 0 bridgehead atoms. The standard InChI is InChI=1S/C15H10N4O2S/c1-7-16-11-9-10(8-5-3-2-4-6-8)18-15(21)19-14(9)22-12(11)13(20)17-7/h2-6H,1H3,(H,16,17,20)(H,18,19,21). The molecule has 0 aliphatic carbocycles. The van der Waals surface area contributed by atoms with Crippen molar-refractivity contribution in [2.45, 2.75) is 6.92 Å². The fourth-order valence-electron chi connectivity index (χ4n) is 2.50. The van der Waals surface area contributed by atoms with Crippen LogP contribution in [-0.4, -0.2) is 19.9 Å². The fourth-order valence-corrected chi connectivity index (χ4v) is 3.51. The number of hydrogen-bond acceptors (Lipinski definition) is 5. The molecule has 1 aromatic carbocycles. The first-order chi connectivity index (χ1) is 10.6. The van der Waals surface area contributed by atoms with Crippen LogP contribution in [0.5, 0.6) is 0 Å². The molecule has 0 saturated heterocycles. The maximum atomic E-state index is 12.1. The Balaban J connectivity index is 2.26. The van der Waals surface area contributed by atoms with Crippen molar-refractivity contribution in [3.05, 3.63) is 57.0 Å². The smallest absolute Gasteiger partial charge is 0.310 e. The van der Waals surface area contributed by atoms with Crippen LogP contribution in [0, 0.1) is 6.92 Å². The average Bonchev–Trinajstić information content (AvgIpc) is 2.86. The predicted molar refractivity (Wildman–Crippen MR) is 86.3 cm³/mol. The summed E-state index contributed by atoms with van der Waals surface area (Å²) in [5.41, 5.74) is 1.41. The van der Waals surface area contributed by atoms with Crippen LogP contribution in [0.15, 0.2) is 39.9 Å². The van der Waals surface area contributed by atoms with Crippen LogP contribution in [0.3, 0.4) is 0 Å². The Kier molecular flexibility index (Phi) is 2.70. The second kappa shape index (κ2) is 4.60. The van der Waals surface area contributed by atoms with Crippen molar-refractivity contribution < 1.29 is 0 Å². The van der Waals surface area contributed by atoms with Crippen LogP contribution in [-0.2, 0) is 0 Å². The molecule has 3 aromatic heterocycles. The molecule has 0 saturated carbocycles. The van der Waals surface area contributed by atoms with Crippen LogP contribution < -0.4 is 11.2 Å². The monoisotopic (exact) mass is 310 g/mol. The molecule has 0 aliphatic heterocycles. The molecule has 0 radical (unpaired) electrons. The number of hydrogen-bond donors (Lipinski definition) is 2. The maximum absolute atomic E-state index is 12.1. The van der Waals surface area contributed by atoms with Gasteiger partial charge in [0.25, 0.3) is 5.56 Å². The molecule has 7 heteroatoms. The van der Waals surface area contributed by atoms with Gasteiger partial charge in [0.2, 0.25) is 0 Å². The summed E-state index contributed by atoms with van der Waals surface area (Å²) in [7, 11) is 0. The molecule has 0 spiro atoms. The van der Waals surface area contributed by atoms with Crippen LogP contribution in [0.25, 0.3) is 31.7 Å². The Hall–Kier alpha value is -2.80. The molecule has 0 amide bonds. The number of thiophene rings is 1. The van der Waals surface area contributed by atoms with Gasteiger partial charge in [-0.3, -0.25) is 4.79 Å². The van der Waals surface area contributed by atoms with Gasteiger partial charge in [-0.2, -0.15) is 4.98 Å². The number of nitrogens with one attached hydrogen (secondary N) is 2. The van der Waals surface area contributed by atoms with Crippen molar-refractivity contribution in [2.24, 2.45) is 0 Å². The minimum Gasteiger partial charge on any atom is -0.310 e. The summed E-state index contributed by atoms with van der Waals surface area (Å²) in [6.45, 7) is 1.73. The highest BCUT2D eigenvalue weighted by atomic mass is 32.1. The van der Waals surface area contributed by atoms with Gasteiger partial charge in [0.15, 0.2) is 0 Å². The minimum atomic E-state index is -0.439. The Morgan fingerprint density at radius 2 is 1.82 bits per heavy atom. The summed E-state index contributed by atoms with van der Waals surface area (Å²) in [6, 6.07) is 9.47. The topological polar surface area (TPSA) is 91.5 Å². The van der Waals surface area contributed by atoms with Crippen molar-refractivity contribution in [2.75, 3.05) is 0 Å². The maximum Gasteiger partial charge on any atom is 0.346 e. The van der Waals surface area contributed by atoms with Gasteiger partial charge in [-0.25, -0.2) is 9.78 Å². The van der Waals surface area contributed by atoms with Crippen LogP contribution in [0.1, 0.15) is 5.82 Å². The van der Waals surface area contributed by atoms with E-state index in [0.29, 0.717) is 32.0 Å². The van der Waals surface area contributed by atoms with E-state index in [9.17, 15) is 9.59 Å². The summed E-state index contributed by atoms with van der Waals surface area (Å²) in [5, 5.41) is 0.708. The van der Waals surface area contributed by atoms with Crippen LogP contribution in [0.2, 0.25) is 0 Å². The third-order valence-electron chi connectivity index (χ3n) is 3.39. The van der Waals surface area contributed by atoms with Gasteiger partial charge in [0, 0.05) is 0 Å². The largest absolute Gasteiger partial charge is 0.346 e. The number of aromatic amines is 2. The van der Waals surface area contributed by atoms with Crippen molar-refractivity contribution in [1.29, 1.82) is 0 Å². The van der Waals surface area contributed by atoms with E-state index in [1.54, 1.807) is 6.92 Å². The molecule has 0 atom stereocenters. The number of aryl methyl sites for hydroxylation is 1. The third kappa shape index (κ3) is 1.86. The van der Waals surface area contributed by atoms with Gasteiger partial charge >= 0.3 is 5.69 Å². The summed E-state index contributed by atoms with van der Waals surface area (Å²) in [6.07, 6.45) is 0. The molecule has 2 N–H and O–H groups in total. The van der Waals surface area contributed by atoms with Gasteiger partial charge in [0.05, 0.1) is 11.1 Å². The summed E-state index contributed by atoms with van der Waals surface area (Å²) in [5.74, 6) is 0.530. The highest BCUT2D eigenvalue weighted by Gasteiger charge is 2.17. The molecule has 3 heterocycles. The summed E-state index contributed by atoms with van der Waals surface area (Å²) in [4.78, 5) is 38.3.